The summed E-state index contributed by atoms with van der Waals surface area (Å²) in [6, 6.07) is 7.16. The summed E-state index contributed by atoms with van der Waals surface area (Å²) in [4.78, 5) is 14.9. The lowest BCUT2D eigenvalue weighted by molar-refractivity contribution is -0.156. The van der Waals surface area contributed by atoms with Gasteiger partial charge in [-0.15, -0.1) is 0 Å². The first-order valence-corrected chi connectivity index (χ1v) is 7.82. The van der Waals surface area contributed by atoms with Crippen molar-refractivity contribution in [3.8, 4) is 17.1 Å². The van der Waals surface area contributed by atoms with Gasteiger partial charge in [0.2, 0.25) is 11.6 Å². The van der Waals surface area contributed by atoms with Gasteiger partial charge in [0.05, 0.1) is 16.8 Å². The van der Waals surface area contributed by atoms with Gasteiger partial charge in [-0.1, -0.05) is 5.16 Å². The molecule has 10 heteroatoms. The maximum atomic E-state index is 13.2. The Morgan fingerprint density at radius 2 is 1.86 bits per heavy atom. The fourth-order valence-corrected chi connectivity index (χ4v) is 2.49. The third kappa shape index (κ3) is 3.95. The van der Waals surface area contributed by atoms with Gasteiger partial charge in [-0.05, 0) is 37.3 Å². The number of hydrogen-bond donors (Lipinski definition) is 1. The number of carbonyl (C=O) groups is 1. The van der Waals surface area contributed by atoms with Crippen molar-refractivity contribution >= 4 is 5.97 Å². The van der Waals surface area contributed by atoms with Gasteiger partial charge in [-0.2, -0.15) is 13.2 Å². The first kappa shape index (κ1) is 19.3. The number of rotatable bonds is 5. The molecule has 0 saturated carbocycles. The van der Waals surface area contributed by atoms with Crippen molar-refractivity contribution in [2.45, 2.75) is 19.7 Å². The Kier molecular flexibility index (Phi) is 5.04. The lowest BCUT2D eigenvalue weighted by Gasteiger charge is -2.10. The van der Waals surface area contributed by atoms with Crippen LogP contribution < -0.4 is 4.74 Å². The Hall–Kier alpha value is -3.43. The topological polar surface area (TPSA) is 85.5 Å². The molecule has 6 nitrogen and oxygen atoms in total. The summed E-state index contributed by atoms with van der Waals surface area (Å²) in [6.45, 7) is 0.838. The highest BCUT2D eigenvalue weighted by Gasteiger charge is 2.40. The SMILES string of the molecule is Cc1nc(OCc2c(-c3ccc(F)cc3)noc2C(F)(F)F)ccc1C(=O)O. The van der Waals surface area contributed by atoms with Crippen LogP contribution in [0.25, 0.3) is 11.3 Å². The van der Waals surface area contributed by atoms with Crippen molar-refractivity contribution in [2.24, 2.45) is 0 Å². The van der Waals surface area contributed by atoms with Gasteiger partial charge in [-0.25, -0.2) is 14.2 Å². The van der Waals surface area contributed by atoms with Crippen LogP contribution in [-0.2, 0) is 12.8 Å². The van der Waals surface area contributed by atoms with Crippen LogP contribution in [0, 0.1) is 12.7 Å². The maximum absolute atomic E-state index is 13.2. The molecule has 0 bridgehead atoms. The van der Waals surface area contributed by atoms with Crippen LogP contribution in [0.4, 0.5) is 17.6 Å². The second-order valence-corrected chi connectivity index (χ2v) is 5.72. The number of ether oxygens (including phenoxy) is 1. The highest BCUT2D eigenvalue weighted by atomic mass is 19.4. The molecule has 0 atom stereocenters. The zero-order valence-electron chi connectivity index (χ0n) is 14.2. The number of halogens is 4. The average Bonchev–Trinajstić information content (AvgIpc) is 3.04. The number of hydrogen-bond acceptors (Lipinski definition) is 5. The van der Waals surface area contributed by atoms with Gasteiger partial charge in [0.1, 0.15) is 18.1 Å². The van der Waals surface area contributed by atoms with Crippen molar-refractivity contribution in [1.29, 1.82) is 0 Å². The fraction of sp³-hybridized carbons (Fsp3) is 0.167. The highest BCUT2D eigenvalue weighted by Crippen LogP contribution is 2.37. The Bertz CT molecular complexity index is 1010. The largest absolute Gasteiger partial charge is 0.478 e. The molecule has 2 aromatic heterocycles. The van der Waals surface area contributed by atoms with E-state index in [4.69, 9.17) is 9.84 Å². The molecule has 0 aliphatic carbocycles. The number of aromatic carboxylic acids is 1. The van der Waals surface area contributed by atoms with Gasteiger partial charge in [0.25, 0.3) is 0 Å². The third-order valence-corrected chi connectivity index (χ3v) is 3.82. The second kappa shape index (κ2) is 7.29. The van der Waals surface area contributed by atoms with Crippen LogP contribution in [0.2, 0.25) is 0 Å². The molecule has 146 valence electrons. The predicted molar refractivity (Wildman–Crippen MR) is 87.2 cm³/mol. The molecule has 0 amide bonds. The van der Waals surface area contributed by atoms with E-state index >= 15 is 0 Å². The summed E-state index contributed by atoms with van der Waals surface area (Å²) < 4.78 is 62.6. The van der Waals surface area contributed by atoms with Crippen LogP contribution in [0.3, 0.4) is 0 Å². The highest BCUT2D eigenvalue weighted by molar-refractivity contribution is 5.88. The van der Waals surface area contributed by atoms with E-state index in [1.807, 2.05) is 0 Å². The lowest BCUT2D eigenvalue weighted by atomic mass is 10.1. The maximum Gasteiger partial charge on any atom is 0.452 e. The number of aromatic nitrogens is 2. The summed E-state index contributed by atoms with van der Waals surface area (Å²) in [5.74, 6) is -3.15. The van der Waals surface area contributed by atoms with Crippen LogP contribution in [0.15, 0.2) is 40.9 Å². The number of alkyl halides is 3. The second-order valence-electron chi connectivity index (χ2n) is 5.72. The Morgan fingerprint density at radius 1 is 1.18 bits per heavy atom. The number of aryl methyl sites for hydroxylation is 1. The molecule has 1 aromatic carbocycles. The standard InChI is InChI=1S/C18H12F4N2O4/c1-9-12(17(25)26)6-7-14(23-9)27-8-13-15(10-2-4-11(19)5-3-10)24-28-16(13)18(20,21)22/h2-7H,8H2,1H3,(H,25,26). The van der Waals surface area contributed by atoms with Crippen molar-refractivity contribution in [2.75, 3.05) is 0 Å². The van der Waals surface area contributed by atoms with Gasteiger partial charge < -0.3 is 14.4 Å². The van der Waals surface area contributed by atoms with Crippen LogP contribution >= 0.6 is 0 Å². The minimum atomic E-state index is -4.82. The zero-order valence-corrected chi connectivity index (χ0v) is 14.2. The van der Waals surface area contributed by atoms with E-state index in [9.17, 15) is 22.4 Å². The lowest BCUT2D eigenvalue weighted by Crippen LogP contribution is -2.10. The number of nitrogens with zero attached hydrogens (tertiary/aromatic N) is 2. The molecule has 0 radical (unpaired) electrons. The van der Waals surface area contributed by atoms with Gasteiger partial charge >= 0.3 is 12.1 Å². The van der Waals surface area contributed by atoms with E-state index in [1.165, 1.54) is 31.2 Å². The Labute approximate surface area is 155 Å². The molecule has 2 heterocycles. The molecule has 0 aliphatic rings. The number of carboxylic acids is 1. The Balaban J connectivity index is 1.94. The molecular formula is C18H12F4N2O4. The third-order valence-electron chi connectivity index (χ3n) is 3.82. The smallest absolute Gasteiger partial charge is 0.452 e. The van der Waals surface area contributed by atoms with Gasteiger partial charge in [0, 0.05) is 11.6 Å². The first-order valence-electron chi connectivity index (χ1n) is 7.82. The predicted octanol–water partition coefficient (Wildman–Crippen LogP) is 4.48. The molecule has 0 fully saturated rings. The number of carboxylic acid groups (broad SMARTS) is 1. The van der Waals surface area contributed by atoms with E-state index < -0.39 is 30.3 Å². The van der Waals surface area contributed by atoms with Crippen molar-refractivity contribution in [1.82, 2.24) is 10.1 Å². The van der Waals surface area contributed by atoms with E-state index in [2.05, 4.69) is 14.7 Å². The summed E-state index contributed by atoms with van der Waals surface area (Å²) in [5.41, 5.74) is -0.234. The normalized spacial score (nSPS) is 11.5. The van der Waals surface area contributed by atoms with E-state index in [-0.39, 0.29) is 34.0 Å². The summed E-state index contributed by atoms with van der Waals surface area (Å²) >= 11 is 0. The van der Waals surface area contributed by atoms with Crippen LogP contribution in [-0.4, -0.2) is 21.2 Å². The molecule has 3 aromatic rings. The number of benzene rings is 1. The van der Waals surface area contributed by atoms with Gasteiger partial charge in [-0.3, -0.25) is 0 Å². The van der Waals surface area contributed by atoms with E-state index in [1.54, 1.807) is 0 Å². The molecule has 28 heavy (non-hydrogen) atoms. The fourth-order valence-electron chi connectivity index (χ4n) is 2.49. The van der Waals surface area contributed by atoms with Crippen molar-refractivity contribution in [3.05, 3.63) is 64.8 Å². The summed E-state index contributed by atoms with van der Waals surface area (Å²) in [5, 5.41) is 12.4. The van der Waals surface area contributed by atoms with E-state index in [0.29, 0.717) is 0 Å². The monoisotopic (exact) mass is 396 g/mol. The summed E-state index contributed by atoms with van der Waals surface area (Å²) in [7, 11) is 0. The summed E-state index contributed by atoms with van der Waals surface area (Å²) in [6.07, 6.45) is -4.82. The zero-order chi connectivity index (χ0) is 20.5. The molecule has 1 N–H and O–H groups in total. The van der Waals surface area contributed by atoms with E-state index in [0.717, 1.165) is 12.1 Å². The molecule has 0 unspecified atom stereocenters. The molecule has 0 saturated heterocycles. The number of pyridine rings is 1. The van der Waals surface area contributed by atoms with Gasteiger partial charge in [0.15, 0.2) is 0 Å². The molecule has 0 spiro atoms. The quantitative estimate of drug-likeness (QED) is 0.640. The van der Waals surface area contributed by atoms with Crippen molar-refractivity contribution in [3.63, 3.8) is 0 Å². The average molecular weight is 396 g/mol. The molecule has 3 rings (SSSR count). The Morgan fingerprint density at radius 3 is 2.43 bits per heavy atom. The molecule has 0 aliphatic heterocycles. The van der Waals surface area contributed by atoms with Crippen LogP contribution in [0.5, 0.6) is 5.88 Å². The first-order chi connectivity index (χ1) is 13.2. The molecular weight excluding hydrogens is 384 g/mol. The minimum absolute atomic E-state index is 0.0553. The van der Waals surface area contributed by atoms with Crippen LogP contribution in [0.1, 0.15) is 27.4 Å². The minimum Gasteiger partial charge on any atom is -0.478 e. The van der Waals surface area contributed by atoms with Crippen molar-refractivity contribution < 1.29 is 36.7 Å².